The lowest BCUT2D eigenvalue weighted by Gasteiger charge is -2.23. The van der Waals surface area contributed by atoms with Gasteiger partial charge in [0, 0.05) is 26.7 Å². The molecule has 1 aliphatic carbocycles. The average Bonchev–Trinajstić information content (AvgIpc) is 3.16. The fraction of sp³-hybridized carbons (Fsp3) is 0.733. The van der Waals surface area contributed by atoms with Gasteiger partial charge in [0.1, 0.15) is 0 Å². The van der Waals surface area contributed by atoms with E-state index in [4.69, 9.17) is 0 Å². The summed E-state index contributed by atoms with van der Waals surface area (Å²) in [4.78, 5) is 27.0. The van der Waals surface area contributed by atoms with E-state index < -0.39 is 11.4 Å². The summed E-state index contributed by atoms with van der Waals surface area (Å²) < 4.78 is 0. The van der Waals surface area contributed by atoms with Crippen LogP contribution in [0.5, 0.6) is 0 Å². The first-order chi connectivity index (χ1) is 11.0. The SMILES string of the molecule is Cn1ncc(CCCNC(=O)N2C[C@@H]3CCC[C@@]3(C(=O)O)C2)n1. The van der Waals surface area contributed by atoms with Gasteiger partial charge in [-0.2, -0.15) is 15.0 Å². The average molecular weight is 321 g/mol. The first-order valence-electron chi connectivity index (χ1n) is 8.12. The Morgan fingerprint density at radius 3 is 3.00 bits per heavy atom. The van der Waals surface area contributed by atoms with Gasteiger partial charge in [0.05, 0.1) is 17.3 Å². The van der Waals surface area contributed by atoms with E-state index in [1.165, 1.54) is 4.80 Å². The highest BCUT2D eigenvalue weighted by Crippen LogP contribution is 2.48. The van der Waals surface area contributed by atoms with Gasteiger partial charge in [-0.05, 0) is 31.6 Å². The highest BCUT2D eigenvalue weighted by molar-refractivity contribution is 5.80. The van der Waals surface area contributed by atoms with Crippen molar-refractivity contribution in [2.24, 2.45) is 18.4 Å². The van der Waals surface area contributed by atoms with Crippen molar-refractivity contribution in [2.45, 2.75) is 32.1 Å². The zero-order chi connectivity index (χ0) is 16.4. The highest BCUT2D eigenvalue weighted by Gasteiger charge is 2.55. The molecule has 2 atom stereocenters. The number of hydrogen-bond donors (Lipinski definition) is 2. The second-order valence-electron chi connectivity index (χ2n) is 6.59. The molecule has 3 rings (SSSR count). The Bertz CT molecular complexity index is 602. The number of carbonyl (C=O) groups is 2. The molecule has 1 saturated carbocycles. The molecule has 2 N–H and O–H groups in total. The van der Waals surface area contributed by atoms with E-state index in [9.17, 15) is 14.7 Å². The molecule has 0 radical (unpaired) electrons. The number of hydrogen-bond acceptors (Lipinski definition) is 4. The first kappa shape index (κ1) is 15.8. The Kier molecular flexibility index (Phi) is 4.23. The molecule has 1 aliphatic heterocycles. The third kappa shape index (κ3) is 3.02. The predicted octanol–water partition coefficient (Wildman–Crippen LogP) is 0.644. The Labute approximate surface area is 134 Å². The third-order valence-electron chi connectivity index (χ3n) is 5.12. The van der Waals surface area contributed by atoms with Gasteiger partial charge in [0.15, 0.2) is 0 Å². The van der Waals surface area contributed by atoms with Crippen molar-refractivity contribution in [3.05, 3.63) is 11.9 Å². The number of carboxylic acid groups (broad SMARTS) is 1. The summed E-state index contributed by atoms with van der Waals surface area (Å²) in [5.41, 5.74) is 0.194. The van der Waals surface area contributed by atoms with E-state index in [1.807, 2.05) is 0 Å². The van der Waals surface area contributed by atoms with Crippen molar-refractivity contribution in [1.29, 1.82) is 0 Å². The van der Waals surface area contributed by atoms with Crippen molar-refractivity contribution in [2.75, 3.05) is 19.6 Å². The van der Waals surface area contributed by atoms with Gasteiger partial charge in [0.25, 0.3) is 0 Å². The normalized spacial score (nSPS) is 26.3. The van der Waals surface area contributed by atoms with Gasteiger partial charge in [-0.1, -0.05) is 6.42 Å². The summed E-state index contributed by atoms with van der Waals surface area (Å²) in [5, 5.41) is 20.6. The van der Waals surface area contributed by atoms with Crippen LogP contribution in [0.2, 0.25) is 0 Å². The minimum atomic E-state index is -0.752. The standard InChI is InChI=1S/C15H23N5O3/c1-19-17-8-12(18-19)5-3-7-16-14(23)20-9-11-4-2-6-15(11,10-20)13(21)22/h8,11H,2-7,9-10H2,1H3,(H,16,23)(H,21,22)/t11-,15+/m0/s1. The second kappa shape index (κ2) is 6.17. The van der Waals surface area contributed by atoms with Crippen LogP contribution in [0.15, 0.2) is 6.20 Å². The summed E-state index contributed by atoms with van der Waals surface area (Å²) in [6.07, 6.45) is 5.80. The maximum absolute atomic E-state index is 12.2. The van der Waals surface area contributed by atoms with Crippen LogP contribution in [0.3, 0.4) is 0 Å². The van der Waals surface area contributed by atoms with E-state index in [0.29, 0.717) is 26.1 Å². The van der Waals surface area contributed by atoms with Gasteiger partial charge >= 0.3 is 12.0 Å². The number of aromatic nitrogens is 3. The van der Waals surface area contributed by atoms with Gasteiger partial charge in [0.2, 0.25) is 0 Å². The Morgan fingerprint density at radius 2 is 2.35 bits per heavy atom. The van der Waals surface area contributed by atoms with Gasteiger partial charge in [-0.15, -0.1) is 0 Å². The zero-order valence-electron chi connectivity index (χ0n) is 13.4. The van der Waals surface area contributed by atoms with Crippen LogP contribution >= 0.6 is 0 Å². The minimum absolute atomic E-state index is 0.102. The van der Waals surface area contributed by atoms with Crippen LogP contribution in [-0.2, 0) is 18.3 Å². The van der Waals surface area contributed by atoms with Crippen molar-refractivity contribution >= 4 is 12.0 Å². The first-order valence-corrected chi connectivity index (χ1v) is 8.12. The topological polar surface area (TPSA) is 100 Å². The molecular weight excluding hydrogens is 298 g/mol. The second-order valence-corrected chi connectivity index (χ2v) is 6.59. The molecule has 2 heterocycles. The Hall–Kier alpha value is -2.12. The van der Waals surface area contributed by atoms with Crippen LogP contribution in [0.25, 0.3) is 0 Å². The van der Waals surface area contributed by atoms with Crippen molar-refractivity contribution < 1.29 is 14.7 Å². The van der Waals surface area contributed by atoms with Crippen LogP contribution in [0, 0.1) is 11.3 Å². The van der Waals surface area contributed by atoms with Crippen molar-refractivity contribution in [3.63, 3.8) is 0 Å². The van der Waals surface area contributed by atoms with Gasteiger partial charge in [-0.3, -0.25) is 4.79 Å². The van der Waals surface area contributed by atoms with Gasteiger partial charge in [-0.25, -0.2) is 4.79 Å². The molecule has 0 bridgehead atoms. The number of likely N-dealkylation sites (tertiary alicyclic amines) is 1. The maximum atomic E-state index is 12.2. The summed E-state index contributed by atoms with van der Waals surface area (Å²) in [5.74, 6) is -0.650. The number of urea groups is 1. The molecule has 0 spiro atoms. The van der Waals surface area contributed by atoms with E-state index in [1.54, 1.807) is 18.1 Å². The largest absolute Gasteiger partial charge is 0.481 e. The number of aliphatic carboxylic acids is 1. The van der Waals surface area contributed by atoms with Gasteiger partial charge < -0.3 is 15.3 Å². The maximum Gasteiger partial charge on any atom is 0.317 e. The number of carboxylic acids is 1. The number of aryl methyl sites for hydroxylation is 2. The van der Waals surface area contributed by atoms with Crippen molar-refractivity contribution in [3.8, 4) is 0 Å². The molecule has 1 aromatic heterocycles. The molecule has 1 saturated heterocycles. The molecule has 8 nitrogen and oxygen atoms in total. The summed E-state index contributed by atoms with van der Waals surface area (Å²) in [7, 11) is 1.77. The Morgan fingerprint density at radius 1 is 1.52 bits per heavy atom. The van der Waals surface area contributed by atoms with Crippen molar-refractivity contribution in [1.82, 2.24) is 25.2 Å². The molecule has 23 heavy (non-hydrogen) atoms. The third-order valence-corrected chi connectivity index (χ3v) is 5.12. The van der Waals surface area contributed by atoms with Crippen LogP contribution in [-0.4, -0.2) is 56.6 Å². The highest BCUT2D eigenvalue weighted by atomic mass is 16.4. The lowest BCUT2D eigenvalue weighted by atomic mass is 9.81. The Balaban J connectivity index is 1.45. The molecule has 8 heteroatoms. The number of fused-ring (bicyclic) bond motifs is 1. The summed E-state index contributed by atoms with van der Waals surface area (Å²) in [6, 6.07) is -0.154. The molecule has 2 aliphatic rings. The van der Waals surface area contributed by atoms with E-state index >= 15 is 0 Å². The van der Waals surface area contributed by atoms with Crippen LogP contribution < -0.4 is 5.32 Å². The molecule has 2 fully saturated rings. The molecule has 0 aromatic carbocycles. The number of amides is 2. The van der Waals surface area contributed by atoms with E-state index in [-0.39, 0.29) is 11.9 Å². The summed E-state index contributed by atoms with van der Waals surface area (Å²) >= 11 is 0. The van der Waals surface area contributed by atoms with E-state index in [2.05, 4.69) is 15.5 Å². The fourth-order valence-electron chi connectivity index (χ4n) is 3.87. The number of rotatable bonds is 5. The zero-order valence-corrected chi connectivity index (χ0v) is 13.4. The quantitative estimate of drug-likeness (QED) is 0.775. The summed E-state index contributed by atoms with van der Waals surface area (Å²) in [6.45, 7) is 1.45. The molecule has 1 aromatic rings. The number of nitrogens with zero attached hydrogens (tertiary/aromatic N) is 4. The predicted molar refractivity (Wildman–Crippen MR) is 81.7 cm³/mol. The van der Waals surface area contributed by atoms with E-state index in [0.717, 1.165) is 31.4 Å². The fourth-order valence-corrected chi connectivity index (χ4v) is 3.87. The number of carbonyl (C=O) groups excluding carboxylic acids is 1. The van der Waals surface area contributed by atoms with Crippen LogP contribution in [0.4, 0.5) is 4.79 Å². The smallest absolute Gasteiger partial charge is 0.317 e. The number of nitrogens with one attached hydrogen (secondary N) is 1. The molecular formula is C15H23N5O3. The molecule has 126 valence electrons. The lowest BCUT2D eigenvalue weighted by Crippen LogP contribution is -2.42. The molecule has 2 amide bonds. The lowest BCUT2D eigenvalue weighted by molar-refractivity contribution is -0.149. The van der Waals surface area contributed by atoms with Crippen LogP contribution in [0.1, 0.15) is 31.4 Å². The monoisotopic (exact) mass is 321 g/mol. The minimum Gasteiger partial charge on any atom is -0.481 e. The molecule has 0 unspecified atom stereocenters.